The predicted molar refractivity (Wildman–Crippen MR) is 107 cm³/mol. The zero-order chi connectivity index (χ0) is 19.3. The van der Waals surface area contributed by atoms with Gasteiger partial charge in [0.2, 0.25) is 11.8 Å². The monoisotopic (exact) mass is 437 g/mol. The number of nitrogens with one attached hydrogen (secondary N) is 1. The van der Waals surface area contributed by atoms with Crippen molar-refractivity contribution in [3.63, 3.8) is 0 Å². The second kappa shape index (κ2) is 9.87. The van der Waals surface area contributed by atoms with Crippen LogP contribution in [0.2, 0.25) is 0 Å². The standard InChI is InChI=1S/C17H25N3O5S.3H2O/c1-7-12-11(8(2)21)16(23)20(12)13(17(24)25)14(7)26-9-5-10(18-6-9)15(22)19(3)4;;;/h7-12,18,21H,5-6H2,1-4H3,(H,24,25);3*1H2/t7?,8-,9+,10+,11?,12?;;;/m1.../s1. The molecule has 0 radical (unpaired) electrons. The third-order valence-corrected chi connectivity index (χ3v) is 6.95. The van der Waals surface area contributed by atoms with Gasteiger partial charge >= 0.3 is 5.97 Å². The highest BCUT2D eigenvalue weighted by atomic mass is 32.2. The van der Waals surface area contributed by atoms with Crippen molar-refractivity contribution < 1.29 is 41.0 Å². The number of β-lactam (4-membered cyclic amide) rings is 1. The quantitative estimate of drug-likeness (QED) is 0.385. The highest BCUT2D eigenvalue weighted by Crippen LogP contribution is 2.51. The number of amides is 2. The molecule has 29 heavy (non-hydrogen) atoms. The number of carbonyl (C=O) groups excluding carboxylic acids is 2. The maximum atomic E-state index is 12.3. The number of aliphatic hydroxyl groups excluding tert-OH is 1. The predicted octanol–water partition coefficient (Wildman–Crippen LogP) is -2.78. The molecule has 2 saturated heterocycles. The van der Waals surface area contributed by atoms with Gasteiger partial charge in [-0.2, -0.15) is 0 Å². The van der Waals surface area contributed by atoms with Crippen molar-refractivity contribution in [1.29, 1.82) is 0 Å². The Bertz CT molecular complexity index is 684. The number of carboxylic acids is 1. The lowest BCUT2D eigenvalue weighted by atomic mass is 9.79. The fourth-order valence-corrected chi connectivity index (χ4v) is 5.63. The summed E-state index contributed by atoms with van der Waals surface area (Å²) < 4.78 is 0. The molecule has 6 atom stereocenters. The van der Waals surface area contributed by atoms with Crippen molar-refractivity contribution in [3.8, 4) is 0 Å². The van der Waals surface area contributed by atoms with Crippen LogP contribution in [0.15, 0.2) is 10.6 Å². The topological polar surface area (TPSA) is 205 Å². The molecule has 0 spiro atoms. The van der Waals surface area contributed by atoms with E-state index in [1.807, 2.05) is 6.92 Å². The molecule has 3 rings (SSSR count). The summed E-state index contributed by atoms with van der Waals surface area (Å²) in [5.74, 6) is -2.14. The van der Waals surface area contributed by atoms with E-state index in [1.54, 1.807) is 25.9 Å². The fraction of sp³-hybridized carbons (Fsp3) is 0.706. The largest absolute Gasteiger partial charge is 0.477 e. The number of thioether (sulfide) groups is 1. The zero-order valence-corrected chi connectivity index (χ0v) is 17.6. The minimum atomic E-state index is -1.12. The third-order valence-electron chi connectivity index (χ3n) is 5.43. The molecule has 0 aromatic carbocycles. The molecular formula is C17H31N3O8S. The van der Waals surface area contributed by atoms with Crippen molar-refractivity contribution in [2.45, 2.75) is 43.7 Å². The van der Waals surface area contributed by atoms with Gasteiger partial charge < -0.3 is 41.8 Å². The number of carboxylic acid groups (broad SMARTS) is 1. The number of aliphatic carboxylic acids is 1. The summed E-state index contributed by atoms with van der Waals surface area (Å²) in [6.07, 6.45) is -0.190. The number of likely N-dealkylation sites (N-methyl/N-ethyl adjacent to an activating group) is 1. The molecule has 0 aromatic heterocycles. The van der Waals surface area contributed by atoms with Gasteiger partial charge in [-0.25, -0.2) is 4.79 Å². The molecule has 0 bridgehead atoms. The van der Waals surface area contributed by atoms with Gasteiger partial charge in [0.05, 0.1) is 24.1 Å². The molecular weight excluding hydrogens is 406 g/mol. The van der Waals surface area contributed by atoms with Crippen molar-refractivity contribution in [2.24, 2.45) is 11.8 Å². The average molecular weight is 438 g/mol. The molecule has 11 nitrogen and oxygen atoms in total. The summed E-state index contributed by atoms with van der Waals surface area (Å²) in [7, 11) is 3.42. The van der Waals surface area contributed by atoms with E-state index in [-0.39, 0.29) is 57.2 Å². The van der Waals surface area contributed by atoms with Gasteiger partial charge in [-0.3, -0.25) is 9.59 Å². The van der Waals surface area contributed by atoms with Crippen LogP contribution in [0.5, 0.6) is 0 Å². The Hall–Kier alpha value is -1.70. The average Bonchev–Trinajstić information content (AvgIpc) is 3.09. The highest BCUT2D eigenvalue weighted by Gasteiger charge is 2.60. The summed E-state index contributed by atoms with van der Waals surface area (Å²) in [6.45, 7) is 4.08. The Kier molecular flexibility index (Phi) is 9.29. The fourth-order valence-electron chi connectivity index (χ4n) is 4.15. The minimum Gasteiger partial charge on any atom is -0.477 e. The van der Waals surface area contributed by atoms with Gasteiger partial charge in [-0.05, 0) is 13.3 Å². The Balaban J connectivity index is 0.00000261. The van der Waals surface area contributed by atoms with E-state index >= 15 is 0 Å². The van der Waals surface area contributed by atoms with E-state index in [9.17, 15) is 24.6 Å². The van der Waals surface area contributed by atoms with Crippen molar-refractivity contribution >= 4 is 29.5 Å². The Morgan fingerprint density at radius 1 is 1.28 bits per heavy atom. The molecule has 3 heterocycles. The second-order valence-corrected chi connectivity index (χ2v) is 8.78. The summed E-state index contributed by atoms with van der Waals surface area (Å²) in [5.41, 5.74) is 0.0387. The van der Waals surface area contributed by atoms with E-state index < -0.39 is 18.0 Å². The van der Waals surface area contributed by atoms with Crippen LogP contribution in [-0.4, -0.2) is 98.3 Å². The normalized spacial score (nSPS) is 31.0. The first-order chi connectivity index (χ1) is 12.1. The van der Waals surface area contributed by atoms with E-state index in [2.05, 4.69) is 5.32 Å². The summed E-state index contributed by atoms with van der Waals surface area (Å²) in [4.78, 5) is 39.8. The molecule has 168 valence electrons. The van der Waals surface area contributed by atoms with Crippen LogP contribution < -0.4 is 5.32 Å². The number of rotatable bonds is 5. The van der Waals surface area contributed by atoms with Crippen LogP contribution in [-0.2, 0) is 14.4 Å². The van der Waals surface area contributed by atoms with Gasteiger partial charge in [0.25, 0.3) is 0 Å². The number of fused-ring (bicyclic) bond motifs is 1. The number of aliphatic hydroxyl groups is 1. The first-order valence-electron chi connectivity index (χ1n) is 8.75. The zero-order valence-electron chi connectivity index (χ0n) is 16.8. The molecule has 3 aliphatic heterocycles. The smallest absolute Gasteiger partial charge is 0.353 e. The summed E-state index contributed by atoms with van der Waals surface area (Å²) in [5, 5.41) is 22.8. The number of hydrogen-bond donors (Lipinski definition) is 3. The van der Waals surface area contributed by atoms with Crippen LogP contribution in [0.1, 0.15) is 20.3 Å². The van der Waals surface area contributed by atoms with E-state index in [0.29, 0.717) is 17.9 Å². The Morgan fingerprint density at radius 2 is 1.86 bits per heavy atom. The first kappa shape index (κ1) is 27.3. The minimum absolute atomic E-state index is 0. The number of carbonyl (C=O) groups is 3. The Labute approximate surface area is 173 Å². The van der Waals surface area contributed by atoms with Gasteiger partial charge in [-0.15, -0.1) is 11.8 Å². The molecule has 12 heteroatoms. The van der Waals surface area contributed by atoms with Crippen LogP contribution in [0, 0.1) is 11.8 Å². The first-order valence-corrected chi connectivity index (χ1v) is 9.62. The van der Waals surface area contributed by atoms with Crippen molar-refractivity contribution in [2.75, 3.05) is 20.6 Å². The molecule has 0 aliphatic carbocycles. The van der Waals surface area contributed by atoms with Gasteiger partial charge in [0, 0.05) is 36.7 Å². The second-order valence-electron chi connectivity index (χ2n) is 7.44. The Morgan fingerprint density at radius 3 is 2.34 bits per heavy atom. The molecule has 0 saturated carbocycles. The van der Waals surface area contributed by atoms with E-state index in [1.165, 1.54) is 16.7 Å². The summed E-state index contributed by atoms with van der Waals surface area (Å²) in [6, 6.07) is -0.568. The van der Waals surface area contributed by atoms with E-state index in [4.69, 9.17) is 0 Å². The maximum absolute atomic E-state index is 12.3. The third kappa shape index (κ3) is 4.42. The maximum Gasteiger partial charge on any atom is 0.353 e. The number of nitrogens with zero attached hydrogens (tertiary/aromatic N) is 2. The van der Waals surface area contributed by atoms with Crippen LogP contribution in [0.3, 0.4) is 0 Å². The lowest BCUT2D eigenvalue weighted by Gasteiger charge is -2.46. The van der Waals surface area contributed by atoms with Gasteiger partial charge in [0.1, 0.15) is 5.70 Å². The number of hydrogen-bond acceptors (Lipinski definition) is 6. The van der Waals surface area contributed by atoms with Crippen LogP contribution in [0.25, 0.3) is 0 Å². The van der Waals surface area contributed by atoms with Gasteiger partial charge in [0.15, 0.2) is 0 Å². The van der Waals surface area contributed by atoms with Crippen molar-refractivity contribution in [3.05, 3.63) is 10.6 Å². The molecule has 3 aliphatic rings. The lowest BCUT2D eigenvalue weighted by molar-refractivity contribution is -0.163. The molecule has 2 fully saturated rings. The molecule has 0 aromatic rings. The van der Waals surface area contributed by atoms with Crippen LogP contribution in [0.4, 0.5) is 0 Å². The molecule has 2 amide bonds. The highest BCUT2D eigenvalue weighted by molar-refractivity contribution is 8.03. The van der Waals surface area contributed by atoms with Crippen molar-refractivity contribution in [1.82, 2.24) is 15.1 Å². The van der Waals surface area contributed by atoms with Gasteiger partial charge in [-0.1, -0.05) is 6.92 Å². The molecule has 9 N–H and O–H groups in total. The SMILES string of the molecule is CC1C(S[C@@H]2CN[C@H](C(=O)N(C)C)C2)=C(C(=O)O)N2C(=O)C([C@@H](C)O)C12.O.O.O. The van der Waals surface area contributed by atoms with E-state index in [0.717, 1.165) is 0 Å². The lowest BCUT2D eigenvalue weighted by Crippen LogP contribution is -2.63. The van der Waals surface area contributed by atoms with Crippen LogP contribution >= 0.6 is 11.8 Å². The molecule has 3 unspecified atom stereocenters. The summed E-state index contributed by atoms with van der Waals surface area (Å²) >= 11 is 1.45.